The number of hydrogen-bond acceptors (Lipinski definition) is 3. The van der Waals surface area contributed by atoms with Crippen molar-refractivity contribution in [3.8, 4) is 0 Å². The summed E-state index contributed by atoms with van der Waals surface area (Å²) >= 11 is 0. The van der Waals surface area contributed by atoms with E-state index in [0.29, 0.717) is 5.92 Å². The molecular weight excluding hydrogens is 418 g/mol. The topological polar surface area (TPSA) is 41.3 Å². The van der Waals surface area contributed by atoms with E-state index in [1.807, 2.05) is 25.2 Å². The minimum Gasteiger partial charge on any atom is -0.385 e. The number of piperidine rings is 1. The number of aromatic nitrogens is 2. The smallest absolute Gasteiger partial charge is 0.138 e. The maximum atomic E-state index is 11.3. The van der Waals surface area contributed by atoms with Crippen molar-refractivity contribution in [2.45, 2.75) is 36.7 Å². The summed E-state index contributed by atoms with van der Waals surface area (Å²) in [6.45, 7) is 3.14. The maximum Gasteiger partial charge on any atom is 0.138 e. The fourth-order valence-electron chi connectivity index (χ4n) is 7.26. The van der Waals surface area contributed by atoms with Crippen LogP contribution in [0.3, 0.4) is 0 Å². The van der Waals surface area contributed by atoms with Gasteiger partial charge in [-0.15, -0.1) is 0 Å². The summed E-state index contributed by atoms with van der Waals surface area (Å²) in [6.07, 6.45) is 2.70. The normalized spacial score (nSPS) is 24.9. The van der Waals surface area contributed by atoms with Crippen molar-refractivity contribution in [2.75, 3.05) is 19.6 Å². The van der Waals surface area contributed by atoms with Gasteiger partial charge in [-0.2, -0.15) is 0 Å². The van der Waals surface area contributed by atoms with E-state index in [1.165, 1.54) is 17.5 Å². The van der Waals surface area contributed by atoms with E-state index >= 15 is 0 Å². The second-order valence-corrected chi connectivity index (χ2v) is 10.6. The highest BCUT2D eigenvalue weighted by Crippen LogP contribution is 2.60. The highest BCUT2D eigenvalue weighted by atomic mass is 16.3. The number of benzene rings is 3. The molecule has 34 heavy (non-hydrogen) atoms. The molecule has 2 heterocycles. The summed E-state index contributed by atoms with van der Waals surface area (Å²) in [5.41, 5.74) is 8.32. The highest BCUT2D eigenvalue weighted by Gasteiger charge is 2.53. The number of para-hydroxylation sites is 2. The zero-order valence-corrected chi connectivity index (χ0v) is 19.7. The molecule has 0 amide bonds. The van der Waals surface area contributed by atoms with Gasteiger partial charge in [-0.1, -0.05) is 60.7 Å². The van der Waals surface area contributed by atoms with Crippen LogP contribution in [0.15, 0.2) is 72.8 Å². The summed E-state index contributed by atoms with van der Waals surface area (Å²) in [5, 5.41) is 11.3. The third-order valence-electron chi connectivity index (χ3n) is 8.91. The highest BCUT2D eigenvalue weighted by molar-refractivity contribution is 5.75. The van der Waals surface area contributed by atoms with Crippen LogP contribution in [0.1, 0.15) is 59.4 Å². The van der Waals surface area contributed by atoms with E-state index in [4.69, 9.17) is 4.98 Å². The number of aryl methyl sites for hydroxylation is 1. The molecule has 0 spiro atoms. The van der Waals surface area contributed by atoms with Gasteiger partial charge in [0.15, 0.2) is 0 Å². The van der Waals surface area contributed by atoms with E-state index in [1.54, 1.807) is 11.1 Å². The molecule has 3 aromatic carbocycles. The Hall–Kier alpha value is -2.95. The summed E-state index contributed by atoms with van der Waals surface area (Å²) in [5.74, 6) is 1.60. The van der Waals surface area contributed by atoms with Crippen LogP contribution in [0, 0.1) is 5.92 Å². The largest absolute Gasteiger partial charge is 0.385 e. The van der Waals surface area contributed by atoms with Crippen molar-refractivity contribution in [1.82, 2.24) is 14.5 Å². The van der Waals surface area contributed by atoms with E-state index in [0.717, 1.165) is 49.3 Å². The Kier molecular flexibility index (Phi) is 4.52. The molecule has 1 aromatic heterocycles. The van der Waals surface area contributed by atoms with Gasteiger partial charge in [0, 0.05) is 24.9 Å². The van der Waals surface area contributed by atoms with E-state index in [2.05, 4.69) is 64.1 Å². The average molecular weight is 450 g/mol. The van der Waals surface area contributed by atoms with Crippen LogP contribution in [0.4, 0.5) is 0 Å². The number of fused-ring (bicyclic) bond motifs is 9. The fourth-order valence-corrected chi connectivity index (χ4v) is 7.26. The van der Waals surface area contributed by atoms with Crippen LogP contribution in [0.5, 0.6) is 0 Å². The number of likely N-dealkylation sites (tertiary alicyclic amines) is 1. The summed E-state index contributed by atoms with van der Waals surface area (Å²) in [7, 11) is 2.02. The number of imidazole rings is 1. The standard InChI is InChI=1S/C30H31N3O/c1-32-27-13-7-6-12-26(27)31-29(32)28(34)20-14-16-33(17-15-20)19-30-18-23(21-8-2-4-10-24(21)30)22-9-3-5-11-25(22)30/h2-13,20,23,28,34H,14-19H2,1H3. The molecule has 4 aromatic rings. The van der Waals surface area contributed by atoms with Crippen LogP contribution in [0.25, 0.3) is 11.0 Å². The molecule has 4 nitrogen and oxygen atoms in total. The van der Waals surface area contributed by atoms with Crippen molar-refractivity contribution < 1.29 is 5.11 Å². The van der Waals surface area contributed by atoms with Crippen molar-refractivity contribution in [2.24, 2.45) is 13.0 Å². The van der Waals surface area contributed by atoms with Crippen molar-refractivity contribution in [1.29, 1.82) is 0 Å². The lowest BCUT2D eigenvalue weighted by atomic mass is 9.74. The Balaban J connectivity index is 1.12. The third kappa shape index (κ3) is 2.82. The Labute approximate surface area is 200 Å². The Morgan fingerprint density at radius 3 is 2.21 bits per heavy atom. The lowest BCUT2D eigenvalue weighted by Crippen LogP contribution is -2.44. The molecule has 4 heteroatoms. The van der Waals surface area contributed by atoms with Crippen LogP contribution in [-0.2, 0) is 12.5 Å². The van der Waals surface area contributed by atoms with E-state index in [9.17, 15) is 5.11 Å². The SMILES string of the molecule is Cn1c(C(O)C2CCN(CC34CC(c5ccccc53)c3ccccc34)CC2)nc2ccccc21. The van der Waals surface area contributed by atoms with Gasteiger partial charge < -0.3 is 14.6 Å². The molecule has 7 rings (SSSR count). The summed E-state index contributed by atoms with van der Waals surface area (Å²) in [6, 6.07) is 26.4. The molecule has 1 aliphatic heterocycles. The van der Waals surface area contributed by atoms with Gasteiger partial charge in [0.05, 0.1) is 11.0 Å². The number of aliphatic hydroxyl groups is 1. The molecule has 0 radical (unpaired) electrons. The minimum atomic E-state index is -0.512. The van der Waals surface area contributed by atoms with Gasteiger partial charge >= 0.3 is 0 Å². The summed E-state index contributed by atoms with van der Waals surface area (Å²) in [4.78, 5) is 7.42. The van der Waals surface area contributed by atoms with Gasteiger partial charge in [-0.3, -0.25) is 0 Å². The Bertz CT molecular complexity index is 1330. The predicted octanol–water partition coefficient (Wildman–Crippen LogP) is 5.15. The van der Waals surface area contributed by atoms with Crippen LogP contribution < -0.4 is 0 Å². The Morgan fingerprint density at radius 2 is 1.53 bits per heavy atom. The third-order valence-corrected chi connectivity index (χ3v) is 8.91. The van der Waals surface area contributed by atoms with Gasteiger partial charge in [0.2, 0.25) is 0 Å². The fraction of sp³-hybridized carbons (Fsp3) is 0.367. The first-order valence-corrected chi connectivity index (χ1v) is 12.7. The maximum absolute atomic E-state index is 11.3. The lowest BCUT2D eigenvalue weighted by molar-refractivity contribution is 0.0471. The molecule has 172 valence electrons. The first-order chi connectivity index (χ1) is 16.7. The van der Waals surface area contributed by atoms with Gasteiger partial charge in [-0.05, 0) is 72.7 Å². The molecule has 2 bridgehead atoms. The molecule has 1 atom stereocenters. The molecule has 0 saturated carbocycles. The molecular formula is C30H31N3O. The Morgan fingerprint density at radius 1 is 0.912 bits per heavy atom. The number of nitrogens with zero attached hydrogens (tertiary/aromatic N) is 3. The molecule has 1 N–H and O–H groups in total. The number of aliphatic hydroxyl groups excluding tert-OH is 1. The van der Waals surface area contributed by atoms with Crippen molar-refractivity contribution >= 4 is 11.0 Å². The van der Waals surface area contributed by atoms with Crippen LogP contribution in [-0.4, -0.2) is 39.2 Å². The molecule has 3 aliphatic rings. The molecule has 2 aliphatic carbocycles. The first kappa shape index (κ1) is 20.4. The van der Waals surface area contributed by atoms with E-state index < -0.39 is 6.10 Å². The number of rotatable bonds is 4. The second-order valence-electron chi connectivity index (χ2n) is 10.6. The molecule has 1 fully saturated rings. The van der Waals surface area contributed by atoms with Crippen molar-refractivity contribution in [3.05, 3.63) is 101 Å². The van der Waals surface area contributed by atoms with Crippen LogP contribution in [0.2, 0.25) is 0 Å². The van der Waals surface area contributed by atoms with Crippen LogP contribution >= 0.6 is 0 Å². The quantitative estimate of drug-likeness (QED) is 0.468. The zero-order chi connectivity index (χ0) is 22.9. The lowest BCUT2D eigenvalue weighted by Gasteiger charge is -2.40. The van der Waals surface area contributed by atoms with Gasteiger partial charge in [0.1, 0.15) is 11.9 Å². The van der Waals surface area contributed by atoms with E-state index in [-0.39, 0.29) is 11.3 Å². The first-order valence-electron chi connectivity index (χ1n) is 12.7. The van der Waals surface area contributed by atoms with Gasteiger partial charge in [-0.25, -0.2) is 4.98 Å². The predicted molar refractivity (Wildman–Crippen MR) is 135 cm³/mol. The second kappa shape index (κ2) is 7.53. The minimum absolute atomic E-state index is 0.112. The average Bonchev–Trinajstić information content (AvgIpc) is 3.52. The molecule has 1 unspecified atom stereocenters. The van der Waals surface area contributed by atoms with Crippen molar-refractivity contribution in [3.63, 3.8) is 0 Å². The summed E-state index contributed by atoms with van der Waals surface area (Å²) < 4.78 is 2.07. The zero-order valence-electron chi connectivity index (χ0n) is 19.7. The van der Waals surface area contributed by atoms with Gasteiger partial charge in [0.25, 0.3) is 0 Å². The monoisotopic (exact) mass is 449 g/mol. The number of hydrogen-bond donors (Lipinski definition) is 1. The molecule has 1 saturated heterocycles.